The maximum atomic E-state index is 10.3. The molecule has 22 heavy (non-hydrogen) atoms. The number of carboxylic acid groups (broad SMARTS) is 1. The Balaban J connectivity index is 3.46. The molecular formula is C19H29NO2. The molecule has 0 aromatic rings. The minimum Gasteiger partial charge on any atom is -0.481 e. The predicted molar refractivity (Wildman–Crippen MR) is 95.5 cm³/mol. The third-order valence-corrected chi connectivity index (χ3v) is 2.77. The van der Waals surface area contributed by atoms with Crippen molar-refractivity contribution in [3.8, 4) is 0 Å². The molecule has 0 aliphatic rings. The molecule has 0 atom stereocenters. The van der Waals surface area contributed by atoms with E-state index in [0.29, 0.717) is 13.0 Å². The van der Waals surface area contributed by atoms with Crippen LogP contribution in [0.1, 0.15) is 51.9 Å². The average molecular weight is 303 g/mol. The number of aliphatic carboxylic acids is 1. The van der Waals surface area contributed by atoms with Gasteiger partial charge in [-0.05, 0) is 32.1 Å². The van der Waals surface area contributed by atoms with Crippen LogP contribution in [0.2, 0.25) is 0 Å². The van der Waals surface area contributed by atoms with Crippen molar-refractivity contribution in [3.05, 3.63) is 48.6 Å². The van der Waals surface area contributed by atoms with Crippen molar-refractivity contribution in [1.29, 1.82) is 0 Å². The third-order valence-electron chi connectivity index (χ3n) is 2.77. The number of carboxylic acids is 1. The highest BCUT2D eigenvalue weighted by molar-refractivity contribution is 5.66. The number of nitrogens with zero attached hydrogens (tertiary/aromatic N) is 1. The predicted octanol–water partition coefficient (Wildman–Crippen LogP) is 5.12. The Bertz CT molecular complexity index is 404. The van der Waals surface area contributed by atoms with Crippen molar-refractivity contribution < 1.29 is 9.90 Å². The Hall–Kier alpha value is -1.90. The van der Waals surface area contributed by atoms with Crippen molar-refractivity contribution in [1.82, 2.24) is 0 Å². The second kappa shape index (κ2) is 17.2. The molecule has 0 unspecified atom stereocenters. The summed E-state index contributed by atoms with van der Waals surface area (Å²) >= 11 is 0. The Morgan fingerprint density at radius 2 is 1.36 bits per heavy atom. The van der Waals surface area contributed by atoms with Crippen molar-refractivity contribution in [2.75, 3.05) is 6.54 Å². The van der Waals surface area contributed by atoms with Gasteiger partial charge in [-0.1, -0.05) is 55.5 Å². The molecule has 3 heteroatoms. The molecule has 122 valence electrons. The summed E-state index contributed by atoms with van der Waals surface area (Å²) in [5.74, 6) is -0.755. The molecule has 0 spiro atoms. The van der Waals surface area contributed by atoms with Crippen LogP contribution in [0.3, 0.4) is 0 Å². The molecule has 0 aliphatic heterocycles. The van der Waals surface area contributed by atoms with Crippen LogP contribution >= 0.6 is 0 Å². The molecule has 0 aromatic heterocycles. The molecule has 0 bridgehead atoms. The third kappa shape index (κ3) is 18.1. The van der Waals surface area contributed by atoms with Gasteiger partial charge in [0.25, 0.3) is 0 Å². The fourth-order valence-electron chi connectivity index (χ4n) is 1.62. The maximum Gasteiger partial charge on any atom is 0.303 e. The summed E-state index contributed by atoms with van der Waals surface area (Å²) in [6, 6.07) is 0. The summed E-state index contributed by atoms with van der Waals surface area (Å²) in [5.41, 5.74) is 0. The lowest BCUT2D eigenvalue weighted by Gasteiger charge is -1.90. The van der Waals surface area contributed by atoms with Crippen LogP contribution in [-0.2, 0) is 4.79 Å². The molecule has 0 aromatic carbocycles. The summed E-state index contributed by atoms with van der Waals surface area (Å²) in [6.45, 7) is 2.74. The molecule has 0 aliphatic carbocycles. The van der Waals surface area contributed by atoms with E-state index in [1.54, 1.807) is 0 Å². The Morgan fingerprint density at radius 3 is 1.86 bits per heavy atom. The average Bonchev–Trinajstić information content (AvgIpc) is 2.50. The molecule has 0 fully saturated rings. The van der Waals surface area contributed by atoms with Gasteiger partial charge < -0.3 is 5.11 Å². The minimum absolute atomic E-state index is 0.196. The van der Waals surface area contributed by atoms with Crippen molar-refractivity contribution in [2.45, 2.75) is 51.9 Å². The molecule has 3 nitrogen and oxygen atoms in total. The molecule has 1 N–H and O–H groups in total. The van der Waals surface area contributed by atoms with Gasteiger partial charge in [-0.2, -0.15) is 0 Å². The minimum atomic E-state index is -0.755. The number of rotatable bonds is 13. The first-order chi connectivity index (χ1) is 10.8. The number of aliphatic imine (C=N–C) groups is 1. The van der Waals surface area contributed by atoms with E-state index in [0.717, 1.165) is 32.1 Å². The van der Waals surface area contributed by atoms with E-state index in [2.05, 4.69) is 60.5 Å². The molecule has 0 amide bonds. The van der Waals surface area contributed by atoms with Crippen LogP contribution in [-0.4, -0.2) is 23.8 Å². The maximum absolute atomic E-state index is 10.3. The van der Waals surface area contributed by atoms with Crippen LogP contribution in [0.4, 0.5) is 0 Å². The van der Waals surface area contributed by atoms with Gasteiger partial charge in [-0.25, -0.2) is 0 Å². The van der Waals surface area contributed by atoms with Gasteiger partial charge in [0.1, 0.15) is 0 Å². The zero-order chi connectivity index (χ0) is 16.3. The summed E-state index contributed by atoms with van der Waals surface area (Å²) in [7, 11) is 0. The molecule has 0 saturated heterocycles. The van der Waals surface area contributed by atoms with E-state index in [1.807, 2.05) is 6.21 Å². The summed E-state index contributed by atoms with van der Waals surface area (Å²) in [5, 5.41) is 8.46. The first-order valence-corrected chi connectivity index (χ1v) is 8.07. The summed E-state index contributed by atoms with van der Waals surface area (Å²) < 4.78 is 0. The van der Waals surface area contributed by atoms with E-state index in [9.17, 15) is 4.79 Å². The molecule has 0 rings (SSSR count). The van der Waals surface area contributed by atoms with E-state index >= 15 is 0 Å². The molecule has 0 radical (unpaired) electrons. The van der Waals surface area contributed by atoms with Crippen LogP contribution in [0.5, 0.6) is 0 Å². The van der Waals surface area contributed by atoms with Gasteiger partial charge in [0.2, 0.25) is 0 Å². The molecule has 0 heterocycles. The SMILES string of the molecule is CCC=CCC=CCC=CCC=CCC=NCCCC(=O)O. The largest absolute Gasteiger partial charge is 0.481 e. The second-order valence-corrected chi connectivity index (χ2v) is 4.82. The van der Waals surface area contributed by atoms with Crippen LogP contribution in [0.25, 0.3) is 0 Å². The smallest absolute Gasteiger partial charge is 0.303 e. The standard InChI is InChI=1S/C19H29NO2/c1-2-3-4-5-6-7-8-9-10-11-12-13-14-17-20-18-15-16-19(21)22/h3-4,6-7,9-10,12-13,17H,2,5,8,11,14-16,18H2,1H3,(H,21,22). The Kier molecular flexibility index (Phi) is 15.7. The van der Waals surface area contributed by atoms with Gasteiger partial charge in [-0.15, -0.1) is 0 Å². The fraction of sp³-hybridized carbons (Fsp3) is 0.474. The van der Waals surface area contributed by atoms with Crippen molar-refractivity contribution >= 4 is 12.2 Å². The van der Waals surface area contributed by atoms with E-state index in [1.165, 1.54) is 0 Å². The lowest BCUT2D eigenvalue weighted by atomic mass is 10.2. The van der Waals surface area contributed by atoms with Gasteiger partial charge >= 0.3 is 5.97 Å². The second-order valence-electron chi connectivity index (χ2n) is 4.82. The fourth-order valence-corrected chi connectivity index (χ4v) is 1.62. The first-order valence-electron chi connectivity index (χ1n) is 8.07. The van der Waals surface area contributed by atoms with E-state index in [4.69, 9.17) is 5.11 Å². The number of carbonyl (C=O) groups is 1. The normalized spacial score (nSPS) is 12.8. The topological polar surface area (TPSA) is 49.7 Å². The van der Waals surface area contributed by atoms with Crippen molar-refractivity contribution in [3.63, 3.8) is 0 Å². The van der Waals surface area contributed by atoms with Gasteiger partial charge in [0, 0.05) is 25.6 Å². The number of hydrogen-bond donors (Lipinski definition) is 1. The highest BCUT2D eigenvalue weighted by atomic mass is 16.4. The van der Waals surface area contributed by atoms with E-state index in [-0.39, 0.29) is 6.42 Å². The van der Waals surface area contributed by atoms with Crippen molar-refractivity contribution in [2.24, 2.45) is 4.99 Å². The quantitative estimate of drug-likeness (QED) is 0.292. The van der Waals surface area contributed by atoms with Crippen LogP contribution in [0, 0.1) is 0 Å². The van der Waals surface area contributed by atoms with Crippen LogP contribution in [0.15, 0.2) is 53.6 Å². The molecular weight excluding hydrogens is 274 g/mol. The highest BCUT2D eigenvalue weighted by Gasteiger charge is 1.93. The summed E-state index contributed by atoms with van der Waals surface area (Å²) in [6.07, 6.45) is 24.8. The first kappa shape index (κ1) is 20.1. The van der Waals surface area contributed by atoms with Gasteiger partial charge in [-0.3, -0.25) is 9.79 Å². The monoisotopic (exact) mass is 303 g/mol. The highest BCUT2D eigenvalue weighted by Crippen LogP contribution is 1.95. The molecule has 0 saturated carbocycles. The summed E-state index contributed by atoms with van der Waals surface area (Å²) in [4.78, 5) is 14.4. The zero-order valence-corrected chi connectivity index (χ0v) is 13.7. The van der Waals surface area contributed by atoms with Gasteiger partial charge in [0.15, 0.2) is 0 Å². The lowest BCUT2D eigenvalue weighted by Crippen LogP contribution is -1.95. The zero-order valence-electron chi connectivity index (χ0n) is 13.7. The van der Waals surface area contributed by atoms with Crippen LogP contribution < -0.4 is 0 Å². The number of hydrogen-bond acceptors (Lipinski definition) is 2. The lowest BCUT2D eigenvalue weighted by molar-refractivity contribution is -0.137. The Labute approximate surface area is 134 Å². The van der Waals surface area contributed by atoms with Gasteiger partial charge in [0.05, 0.1) is 0 Å². The number of allylic oxidation sites excluding steroid dienone is 8. The van der Waals surface area contributed by atoms with E-state index < -0.39 is 5.97 Å². The Morgan fingerprint density at radius 1 is 0.864 bits per heavy atom.